The van der Waals surface area contributed by atoms with Crippen LogP contribution in [0.15, 0.2) is 0 Å². The van der Waals surface area contributed by atoms with Gasteiger partial charge in [-0.05, 0) is 50.4 Å². The molecule has 1 unspecified atom stereocenters. The summed E-state index contributed by atoms with van der Waals surface area (Å²) >= 11 is 0. The molecule has 2 heteroatoms. The number of likely N-dealkylation sites (tertiary alicyclic amines) is 1. The first kappa shape index (κ1) is 12.4. The average Bonchev–Trinajstić information content (AvgIpc) is 2.65. The first-order valence-corrected chi connectivity index (χ1v) is 7.07. The summed E-state index contributed by atoms with van der Waals surface area (Å²) in [6, 6.07) is 0.778. The average molecular weight is 225 g/mol. The summed E-state index contributed by atoms with van der Waals surface area (Å²) in [4.78, 5) is 2.52. The Bertz CT molecular complexity index is 209. The summed E-state index contributed by atoms with van der Waals surface area (Å²) in [7, 11) is 0. The maximum atomic E-state index is 9.56. The van der Waals surface area contributed by atoms with E-state index in [4.69, 9.17) is 0 Å². The third-order valence-corrected chi connectivity index (χ3v) is 4.33. The summed E-state index contributed by atoms with van der Waals surface area (Å²) in [5.41, 5.74) is 0. The van der Waals surface area contributed by atoms with Crippen LogP contribution in [-0.4, -0.2) is 35.2 Å². The topological polar surface area (TPSA) is 23.5 Å². The first-order chi connectivity index (χ1) is 7.65. The Morgan fingerprint density at radius 3 is 2.31 bits per heavy atom. The minimum absolute atomic E-state index is 0.0478. The SMILES string of the molecule is CC(C)CC1CCC(N2CCC(O)C2)CC1. The van der Waals surface area contributed by atoms with E-state index in [1.807, 2.05) is 0 Å². The van der Waals surface area contributed by atoms with Crippen molar-refractivity contribution < 1.29 is 5.11 Å². The van der Waals surface area contributed by atoms with E-state index >= 15 is 0 Å². The fraction of sp³-hybridized carbons (Fsp3) is 1.00. The molecular weight excluding hydrogens is 198 g/mol. The van der Waals surface area contributed by atoms with Crippen LogP contribution < -0.4 is 0 Å². The minimum atomic E-state index is -0.0478. The Kier molecular flexibility index (Phi) is 4.26. The number of nitrogens with zero attached hydrogens (tertiary/aromatic N) is 1. The molecule has 1 aliphatic heterocycles. The Hall–Kier alpha value is -0.0800. The molecule has 1 atom stereocenters. The van der Waals surface area contributed by atoms with Crippen LogP contribution in [0.2, 0.25) is 0 Å². The molecular formula is C14H27NO. The molecule has 1 saturated carbocycles. The summed E-state index contributed by atoms with van der Waals surface area (Å²) in [5.74, 6) is 1.83. The van der Waals surface area contributed by atoms with E-state index in [2.05, 4.69) is 18.7 Å². The van der Waals surface area contributed by atoms with Crippen LogP contribution in [0.5, 0.6) is 0 Å². The fourth-order valence-corrected chi connectivity index (χ4v) is 3.51. The normalized spacial score (nSPS) is 37.1. The van der Waals surface area contributed by atoms with Crippen molar-refractivity contribution in [1.82, 2.24) is 4.90 Å². The van der Waals surface area contributed by atoms with Gasteiger partial charge in [-0.1, -0.05) is 13.8 Å². The minimum Gasteiger partial charge on any atom is -0.392 e. The summed E-state index contributed by atoms with van der Waals surface area (Å²) < 4.78 is 0. The van der Waals surface area contributed by atoms with E-state index in [0.29, 0.717) is 0 Å². The molecule has 0 aromatic carbocycles. The molecule has 2 nitrogen and oxygen atoms in total. The Labute approximate surface area is 100 Å². The number of aliphatic hydroxyl groups is 1. The maximum absolute atomic E-state index is 9.56. The van der Waals surface area contributed by atoms with Crippen LogP contribution in [0, 0.1) is 11.8 Å². The van der Waals surface area contributed by atoms with Gasteiger partial charge in [-0.2, -0.15) is 0 Å². The zero-order chi connectivity index (χ0) is 11.5. The van der Waals surface area contributed by atoms with E-state index < -0.39 is 0 Å². The van der Waals surface area contributed by atoms with E-state index in [9.17, 15) is 5.11 Å². The van der Waals surface area contributed by atoms with Crippen LogP contribution in [0.1, 0.15) is 52.4 Å². The van der Waals surface area contributed by atoms with Crippen LogP contribution in [0.3, 0.4) is 0 Å². The third-order valence-electron chi connectivity index (χ3n) is 4.33. The lowest BCUT2D eigenvalue weighted by atomic mass is 9.81. The van der Waals surface area contributed by atoms with Crippen molar-refractivity contribution in [1.29, 1.82) is 0 Å². The van der Waals surface area contributed by atoms with Crippen LogP contribution in [0.4, 0.5) is 0 Å². The largest absolute Gasteiger partial charge is 0.392 e. The molecule has 2 rings (SSSR count). The molecule has 1 heterocycles. The van der Waals surface area contributed by atoms with Gasteiger partial charge in [0.25, 0.3) is 0 Å². The number of β-amino-alcohol motifs (C(OH)–C–C–N with tert-alkyl or cyclic N) is 1. The molecule has 2 aliphatic rings. The van der Waals surface area contributed by atoms with Crippen molar-refractivity contribution in [2.75, 3.05) is 13.1 Å². The van der Waals surface area contributed by atoms with E-state index in [-0.39, 0.29) is 6.10 Å². The van der Waals surface area contributed by atoms with E-state index in [1.54, 1.807) is 0 Å². The predicted octanol–water partition coefficient (Wildman–Crippen LogP) is 2.66. The number of aliphatic hydroxyl groups excluding tert-OH is 1. The van der Waals surface area contributed by atoms with Crippen LogP contribution >= 0.6 is 0 Å². The highest BCUT2D eigenvalue weighted by Gasteiger charge is 2.30. The standard InChI is InChI=1S/C14H27NO/c1-11(2)9-12-3-5-13(6-4-12)15-8-7-14(16)10-15/h11-14,16H,3-10H2,1-2H3. The van der Waals surface area contributed by atoms with Gasteiger partial charge in [0.1, 0.15) is 0 Å². The second-order valence-corrected chi connectivity index (χ2v) is 6.24. The number of hydrogen-bond acceptors (Lipinski definition) is 2. The van der Waals surface area contributed by atoms with Crippen molar-refractivity contribution in [2.45, 2.75) is 64.5 Å². The zero-order valence-corrected chi connectivity index (χ0v) is 10.9. The van der Waals surface area contributed by atoms with Crippen molar-refractivity contribution >= 4 is 0 Å². The quantitative estimate of drug-likeness (QED) is 0.798. The Morgan fingerprint density at radius 1 is 1.12 bits per heavy atom. The lowest BCUT2D eigenvalue weighted by Gasteiger charge is -2.35. The van der Waals surface area contributed by atoms with Gasteiger partial charge in [0.05, 0.1) is 6.10 Å². The van der Waals surface area contributed by atoms with Crippen molar-refractivity contribution in [3.05, 3.63) is 0 Å². The summed E-state index contributed by atoms with van der Waals surface area (Å²) in [5, 5.41) is 9.56. The van der Waals surface area contributed by atoms with Crippen LogP contribution in [-0.2, 0) is 0 Å². The molecule has 0 bridgehead atoms. The molecule has 1 N–H and O–H groups in total. The smallest absolute Gasteiger partial charge is 0.0679 e. The molecule has 2 fully saturated rings. The molecule has 0 radical (unpaired) electrons. The molecule has 1 saturated heterocycles. The molecule has 0 aromatic heterocycles. The zero-order valence-electron chi connectivity index (χ0n) is 10.9. The van der Waals surface area contributed by atoms with Gasteiger partial charge in [0.15, 0.2) is 0 Å². The third kappa shape index (κ3) is 3.21. The predicted molar refractivity (Wildman–Crippen MR) is 67.4 cm³/mol. The Morgan fingerprint density at radius 2 is 1.81 bits per heavy atom. The second kappa shape index (κ2) is 5.50. The monoisotopic (exact) mass is 225 g/mol. The number of rotatable bonds is 3. The second-order valence-electron chi connectivity index (χ2n) is 6.24. The van der Waals surface area contributed by atoms with Gasteiger partial charge in [-0.3, -0.25) is 4.90 Å². The Balaban J connectivity index is 1.72. The van der Waals surface area contributed by atoms with Gasteiger partial charge >= 0.3 is 0 Å². The lowest BCUT2D eigenvalue weighted by Crippen LogP contribution is -2.37. The molecule has 0 aromatic rings. The van der Waals surface area contributed by atoms with E-state index in [0.717, 1.165) is 37.4 Å². The first-order valence-electron chi connectivity index (χ1n) is 7.07. The molecule has 0 spiro atoms. The van der Waals surface area contributed by atoms with Crippen LogP contribution in [0.25, 0.3) is 0 Å². The summed E-state index contributed by atoms with van der Waals surface area (Å²) in [6.07, 6.45) is 7.91. The highest BCUT2D eigenvalue weighted by Crippen LogP contribution is 2.32. The van der Waals surface area contributed by atoms with Crippen molar-refractivity contribution in [2.24, 2.45) is 11.8 Å². The number of hydrogen-bond donors (Lipinski definition) is 1. The van der Waals surface area contributed by atoms with Gasteiger partial charge in [0, 0.05) is 19.1 Å². The fourth-order valence-electron chi connectivity index (χ4n) is 3.51. The molecule has 1 aliphatic carbocycles. The summed E-state index contributed by atoms with van der Waals surface area (Å²) in [6.45, 7) is 6.73. The lowest BCUT2D eigenvalue weighted by molar-refractivity contribution is 0.126. The van der Waals surface area contributed by atoms with Gasteiger partial charge in [0.2, 0.25) is 0 Å². The van der Waals surface area contributed by atoms with Gasteiger partial charge in [-0.15, -0.1) is 0 Å². The van der Waals surface area contributed by atoms with Crippen molar-refractivity contribution in [3.8, 4) is 0 Å². The highest BCUT2D eigenvalue weighted by molar-refractivity contribution is 4.85. The molecule has 0 amide bonds. The van der Waals surface area contributed by atoms with Gasteiger partial charge in [-0.25, -0.2) is 0 Å². The maximum Gasteiger partial charge on any atom is 0.0679 e. The van der Waals surface area contributed by atoms with Gasteiger partial charge < -0.3 is 5.11 Å². The molecule has 94 valence electrons. The molecule has 16 heavy (non-hydrogen) atoms. The van der Waals surface area contributed by atoms with Crippen molar-refractivity contribution in [3.63, 3.8) is 0 Å². The van der Waals surface area contributed by atoms with E-state index in [1.165, 1.54) is 32.1 Å². The highest BCUT2D eigenvalue weighted by atomic mass is 16.3.